The van der Waals surface area contributed by atoms with Crippen molar-refractivity contribution in [3.63, 3.8) is 0 Å². The second kappa shape index (κ2) is 15.9. The molecule has 1 atom stereocenters. The van der Waals surface area contributed by atoms with E-state index < -0.39 is 29.7 Å². The molecule has 0 saturated heterocycles. The third-order valence-corrected chi connectivity index (χ3v) is 6.21. The van der Waals surface area contributed by atoms with Crippen LogP contribution in [-0.4, -0.2) is 56.3 Å². The molecule has 0 aliphatic heterocycles. The highest BCUT2D eigenvalue weighted by Crippen LogP contribution is 2.27. The minimum absolute atomic E-state index is 0.205. The van der Waals surface area contributed by atoms with Crippen molar-refractivity contribution in [3.05, 3.63) is 88.4 Å². The molecule has 11 nitrogen and oxygen atoms in total. The predicted octanol–water partition coefficient (Wildman–Crippen LogP) is 4.45. The van der Waals surface area contributed by atoms with Gasteiger partial charge in [0, 0.05) is 16.3 Å². The number of hydrazone groups is 1. The number of nitrogens with zero attached hydrogens (tertiary/aromatic N) is 1. The van der Waals surface area contributed by atoms with Crippen molar-refractivity contribution in [1.82, 2.24) is 10.7 Å². The third-order valence-electron chi connectivity index (χ3n) is 5.96. The molecule has 0 heterocycles. The van der Waals surface area contributed by atoms with Crippen molar-refractivity contribution in [2.24, 2.45) is 11.0 Å². The zero-order valence-electron chi connectivity index (χ0n) is 24.2. The van der Waals surface area contributed by atoms with Gasteiger partial charge >= 0.3 is 5.97 Å². The minimum atomic E-state index is -0.827. The topological polar surface area (TPSA) is 144 Å². The fourth-order valence-electron chi connectivity index (χ4n) is 3.73. The molecule has 0 radical (unpaired) electrons. The number of rotatable bonds is 13. The van der Waals surface area contributed by atoms with Crippen LogP contribution < -0.4 is 25.5 Å². The molecule has 3 amide bonds. The van der Waals surface area contributed by atoms with Crippen molar-refractivity contribution >= 4 is 47.2 Å². The lowest BCUT2D eigenvalue weighted by molar-refractivity contribution is -0.124. The molecule has 0 aromatic heterocycles. The molecule has 3 aromatic carbocycles. The highest BCUT2D eigenvalue weighted by Gasteiger charge is 2.24. The van der Waals surface area contributed by atoms with Crippen LogP contribution in [-0.2, 0) is 14.3 Å². The number of esters is 1. The lowest BCUT2D eigenvalue weighted by atomic mass is 10.0. The SMILES string of the molecule is CCOC(=O)c1ccc(NC(=O)COc2ccc(C=NNC(=O)C(NC(=O)c3ccc(Cl)cc3)C(C)C)cc2OC)cc1. The van der Waals surface area contributed by atoms with E-state index >= 15 is 0 Å². The second-order valence-electron chi connectivity index (χ2n) is 9.48. The van der Waals surface area contributed by atoms with E-state index in [2.05, 4.69) is 21.2 Å². The van der Waals surface area contributed by atoms with Crippen LogP contribution in [0.25, 0.3) is 0 Å². The maximum absolute atomic E-state index is 12.8. The molecular weight excluding hydrogens is 576 g/mol. The summed E-state index contributed by atoms with van der Waals surface area (Å²) in [5.74, 6) is -1.28. The van der Waals surface area contributed by atoms with Crippen molar-refractivity contribution in [2.75, 3.05) is 25.6 Å². The molecule has 43 heavy (non-hydrogen) atoms. The van der Waals surface area contributed by atoms with Crippen molar-refractivity contribution in [1.29, 1.82) is 0 Å². The van der Waals surface area contributed by atoms with Crippen LogP contribution in [0, 0.1) is 5.92 Å². The molecule has 3 N–H and O–H groups in total. The van der Waals surface area contributed by atoms with Crippen LogP contribution >= 0.6 is 11.6 Å². The van der Waals surface area contributed by atoms with E-state index in [1.54, 1.807) is 73.7 Å². The van der Waals surface area contributed by atoms with Gasteiger partial charge in [0.1, 0.15) is 6.04 Å². The first kappa shape index (κ1) is 32.6. The quantitative estimate of drug-likeness (QED) is 0.148. The predicted molar refractivity (Wildman–Crippen MR) is 163 cm³/mol. The van der Waals surface area contributed by atoms with E-state index in [0.717, 1.165) is 0 Å². The number of benzene rings is 3. The summed E-state index contributed by atoms with van der Waals surface area (Å²) in [5, 5.41) is 9.92. The van der Waals surface area contributed by atoms with Gasteiger partial charge in [0.25, 0.3) is 17.7 Å². The molecule has 0 aliphatic rings. The molecule has 3 rings (SSSR count). The van der Waals surface area contributed by atoms with E-state index in [-0.39, 0.29) is 19.1 Å². The van der Waals surface area contributed by atoms with Crippen LogP contribution in [0.4, 0.5) is 5.69 Å². The lowest BCUT2D eigenvalue weighted by Crippen LogP contribution is -2.48. The normalized spacial score (nSPS) is 11.5. The Morgan fingerprint density at radius 2 is 1.60 bits per heavy atom. The number of ether oxygens (including phenoxy) is 3. The molecule has 0 saturated carbocycles. The lowest BCUT2D eigenvalue weighted by Gasteiger charge is -2.20. The number of methoxy groups -OCH3 is 1. The second-order valence-corrected chi connectivity index (χ2v) is 9.92. The minimum Gasteiger partial charge on any atom is -0.493 e. The Balaban J connectivity index is 1.54. The third kappa shape index (κ3) is 9.86. The van der Waals surface area contributed by atoms with Gasteiger partial charge < -0.3 is 24.8 Å². The van der Waals surface area contributed by atoms with Gasteiger partial charge in [-0.25, -0.2) is 10.2 Å². The van der Waals surface area contributed by atoms with Gasteiger partial charge in [-0.3, -0.25) is 14.4 Å². The molecule has 226 valence electrons. The summed E-state index contributed by atoms with van der Waals surface area (Å²) >= 11 is 5.88. The standard InChI is InChI=1S/C31H33ClN4O7/c1-5-42-31(40)22-9-13-24(14-10-22)34-27(37)18-43-25-15-6-20(16-26(25)41-4)17-33-36-30(39)28(19(2)3)35-29(38)21-7-11-23(32)12-8-21/h6-17,19,28H,5,18H2,1-4H3,(H,34,37)(H,35,38)(H,36,39). The van der Waals surface area contributed by atoms with Gasteiger partial charge in [-0.2, -0.15) is 5.10 Å². The number of hydrogen-bond acceptors (Lipinski definition) is 8. The summed E-state index contributed by atoms with van der Waals surface area (Å²) in [7, 11) is 1.45. The number of hydrogen-bond donors (Lipinski definition) is 3. The first-order chi connectivity index (χ1) is 20.6. The first-order valence-corrected chi connectivity index (χ1v) is 13.8. The van der Waals surface area contributed by atoms with Crippen molar-refractivity contribution in [3.8, 4) is 11.5 Å². The highest BCUT2D eigenvalue weighted by molar-refractivity contribution is 6.30. The molecule has 0 spiro atoms. The van der Waals surface area contributed by atoms with E-state index in [0.29, 0.717) is 38.9 Å². The largest absolute Gasteiger partial charge is 0.493 e. The van der Waals surface area contributed by atoms with E-state index in [9.17, 15) is 19.2 Å². The molecule has 0 bridgehead atoms. The molecule has 12 heteroatoms. The van der Waals surface area contributed by atoms with Gasteiger partial charge in [-0.05, 0) is 85.1 Å². The van der Waals surface area contributed by atoms with Gasteiger partial charge in [0.2, 0.25) is 0 Å². The fraction of sp³-hybridized carbons (Fsp3) is 0.258. The number of anilines is 1. The molecular formula is C31H33ClN4O7. The average molecular weight is 609 g/mol. The average Bonchev–Trinajstić information content (AvgIpc) is 2.99. The zero-order valence-corrected chi connectivity index (χ0v) is 24.9. The van der Waals surface area contributed by atoms with Crippen molar-refractivity contribution in [2.45, 2.75) is 26.8 Å². The van der Waals surface area contributed by atoms with Gasteiger partial charge in [-0.1, -0.05) is 25.4 Å². The zero-order chi connectivity index (χ0) is 31.4. The smallest absolute Gasteiger partial charge is 0.338 e. The summed E-state index contributed by atoms with van der Waals surface area (Å²) in [6.07, 6.45) is 1.41. The molecule has 1 unspecified atom stereocenters. The summed E-state index contributed by atoms with van der Waals surface area (Å²) < 4.78 is 15.9. The molecule has 0 fully saturated rings. The van der Waals surface area contributed by atoms with E-state index in [4.69, 9.17) is 25.8 Å². The van der Waals surface area contributed by atoms with Gasteiger partial charge in [0.05, 0.1) is 25.5 Å². The Bertz CT molecular complexity index is 1460. The Morgan fingerprint density at radius 1 is 0.930 bits per heavy atom. The number of amides is 3. The maximum atomic E-state index is 12.8. The van der Waals surface area contributed by atoms with Crippen LogP contribution in [0.5, 0.6) is 11.5 Å². The summed E-state index contributed by atoms with van der Waals surface area (Å²) in [6, 6.07) is 16.7. The number of halogens is 1. The van der Waals surface area contributed by atoms with Crippen LogP contribution in [0.15, 0.2) is 71.8 Å². The summed E-state index contributed by atoms with van der Waals surface area (Å²) in [6.45, 7) is 5.32. The van der Waals surface area contributed by atoms with E-state index in [1.165, 1.54) is 13.3 Å². The van der Waals surface area contributed by atoms with Crippen LogP contribution in [0.1, 0.15) is 47.1 Å². The fourth-order valence-corrected chi connectivity index (χ4v) is 3.85. The number of carbonyl (C=O) groups excluding carboxylic acids is 4. The maximum Gasteiger partial charge on any atom is 0.338 e. The monoisotopic (exact) mass is 608 g/mol. The van der Waals surface area contributed by atoms with Crippen LogP contribution in [0.3, 0.4) is 0 Å². The van der Waals surface area contributed by atoms with Crippen molar-refractivity contribution < 1.29 is 33.4 Å². The Hall–Kier alpha value is -4.90. The molecule has 3 aromatic rings. The summed E-state index contributed by atoms with van der Waals surface area (Å²) in [5.41, 5.74) is 4.29. The Labute approximate surface area is 254 Å². The Kier molecular flexibility index (Phi) is 12.1. The molecule has 0 aliphatic carbocycles. The highest BCUT2D eigenvalue weighted by atomic mass is 35.5. The van der Waals surface area contributed by atoms with Gasteiger partial charge in [0.15, 0.2) is 18.1 Å². The Morgan fingerprint density at radius 3 is 2.23 bits per heavy atom. The number of nitrogens with one attached hydrogen (secondary N) is 3. The number of carbonyl (C=O) groups is 4. The first-order valence-electron chi connectivity index (χ1n) is 13.4. The van der Waals surface area contributed by atoms with Gasteiger partial charge in [-0.15, -0.1) is 0 Å². The van der Waals surface area contributed by atoms with Crippen LogP contribution in [0.2, 0.25) is 5.02 Å². The van der Waals surface area contributed by atoms with E-state index in [1.807, 2.05) is 13.8 Å². The summed E-state index contributed by atoms with van der Waals surface area (Å²) in [4.78, 5) is 49.5.